The molecular weight excluding hydrogens is 256 g/mol. The molecule has 4 nitrogen and oxygen atoms in total. The first-order valence-electron chi connectivity index (χ1n) is 7.25. The highest BCUT2D eigenvalue weighted by Gasteiger charge is 2.29. The van der Waals surface area contributed by atoms with Gasteiger partial charge < -0.3 is 14.6 Å². The molecule has 0 aliphatic carbocycles. The number of hydrogen-bond acceptors (Lipinski definition) is 3. The number of unbranched alkanes of at least 4 members (excludes halogenated alkanes) is 1. The number of ether oxygens (including phenoxy) is 2. The molecule has 0 saturated carbocycles. The zero-order valence-electron chi connectivity index (χ0n) is 11.7. The molecule has 20 heavy (non-hydrogen) atoms. The molecule has 1 fully saturated rings. The van der Waals surface area contributed by atoms with Crippen LogP contribution >= 0.6 is 0 Å². The lowest BCUT2D eigenvalue weighted by molar-refractivity contribution is -0.149. The van der Waals surface area contributed by atoms with Crippen LogP contribution in [0.1, 0.15) is 37.7 Å². The minimum atomic E-state index is -0.835. The molecule has 2 rings (SSSR count). The van der Waals surface area contributed by atoms with E-state index in [-0.39, 0.29) is 6.10 Å². The van der Waals surface area contributed by atoms with Crippen molar-refractivity contribution in [2.45, 2.75) is 50.9 Å². The number of carboxylic acid groups (broad SMARTS) is 1. The number of aliphatic carboxylic acids is 1. The highest BCUT2D eigenvalue weighted by Crippen LogP contribution is 2.23. The Bertz CT molecular complexity index is 404. The Labute approximate surface area is 119 Å². The normalized spacial score (nSPS) is 22.0. The number of carboxylic acids is 1. The number of hydrogen-bond donors (Lipinski definition) is 1. The molecule has 1 aliphatic heterocycles. The highest BCUT2D eigenvalue weighted by molar-refractivity contribution is 5.72. The van der Waals surface area contributed by atoms with Gasteiger partial charge in [-0.1, -0.05) is 30.3 Å². The quantitative estimate of drug-likeness (QED) is 0.743. The van der Waals surface area contributed by atoms with Crippen LogP contribution in [-0.2, 0) is 20.9 Å². The number of rotatable bonds is 8. The predicted octanol–water partition coefficient (Wildman–Crippen LogP) is 3.01. The van der Waals surface area contributed by atoms with E-state index in [1.807, 2.05) is 18.2 Å². The topological polar surface area (TPSA) is 55.8 Å². The number of carbonyl (C=O) groups is 1. The van der Waals surface area contributed by atoms with E-state index in [0.29, 0.717) is 13.0 Å². The summed E-state index contributed by atoms with van der Waals surface area (Å²) in [7, 11) is 0. The van der Waals surface area contributed by atoms with Gasteiger partial charge in [-0.3, -0.25) is 0 Å². The molecule has 1 saturated heterocycles. The highest BCUT2D eigenvalue weighted by atomic mass is 16.5. The van der Waals surface area contributed by atoms with E-state index < -0.39 is 12.1 Å². The van der Waals surface area contributed by atoms with Crippen LogP contribution in [0.3, 0.4) is 0 Å². The summed E-state index contributed by atoms with van der Waals surface area (Å²) in [5.74, 6) is -0.835. The van der Waals surface area contributed by atoms with E-state index in [0.717, 1.165) is 32.3 Å². The largest absolute Gasteiger partial charge is 0.479 e. The molecule has 1 aromatic carbocycles. The molecular formula is C16H22O4. The Kier molecular flexibility index (Phi) is 6.02. The Morgan fingerprint density at radius 2 is 2.05 bits per heavy atom. The second-order valence-corrected chi connectivity index (χ2v) is 5.20. The third-order valence-electron chi connectivity index (χ3n) is 3.56. The van der Waals surface area contributed by atoms with Gasteiger partial charge in [0, 0.05) is 6.61 Å². The molecule has 1 N–H and O–H groups in total. The van der Waals surface area contributed by atoms with Crippen molar-refractivity contribution >= 4 is 5.97 Å². The van der Waals surface area contributed by atoms with Crippen LogP contribution in [0.15, 0.2) is 30.3 Å². The van der Waals surface area contributed by atoms with Crippen molar-refractivity contribution in [1.29, 1.82) is 0 Å². The van der Waals surface area contributed by atoms with Gasteiger partial charge in [-0.2, -0.15) is 0 Å². The zero-order valence-corrected chi connectivity index (χ0v) is 11.7. The van der Waals surface area contributed by atoms with Crippen molar-refractivity contribution in [3.8, 4) is 0 Å². The molecule has 0 bridgehead atoms. The summed E-state index contributed by atoms with van der Waals surface area (Å²) in [4.78, 5) is 10.8. The van der Waals surface area contributed by atoms with Gasteiger partial charge in [0.15, 0.2) is 6.10 Å². The van der Waals surface area contributed by atoms with Crippen molar-refractivity contribution in [2.75, 3.05) is 6.61 Å². The second kappa shape index (κ2) is 8.02. The van der Waals surface area contributed by atoms with Gasteiger partial charge in [-0.15, -0.1) is 0 Å². The molecule has 110 valence electrons. The van der Waals surface area contributed by atoms with E-state index >= 15 is 0 Å². The zero-order chi connectivity index (χ0) is 14.2. The lowest BCUT2D eigenvalue weighted by Gasteiger charge is -2.11. The fourth-order valence-corrected chi connectivity index (χ4v) is 2.44. The van der Waals surface area contributed by atoms with Crippen LogP contribution < -0.4 is 0 Å². The first-order valence-corrected chi connectivity index (χ1v) is 7.25. The maximum Gasteiger partial charge on any atom is 0.332 e. The molecule has 1 aromatic rings. The number of benzene rings is 1. The minimum Gasteiger partial charge on any atom is -0.479 e. The van der Waals surface area contributed by atoms with E-state index in [1.54, 1.807) is 0 Å². The molecule has 0 amide bonds. The van der Waals surface area contributed by atoms with Gasteiger partial charge in [0.2, 0.25) is 0 Å². The van der Waals surface area contributed by atoms with Gasteiger partial charge in [-0.25, -0.2) is 4.79 Å². The smallest absolute Gasteiger partial charge is 0.332 e. The average molecular weight is 278 g/mol. The molecule has 0 spiro atoms. The molecule has 0 aromatic heterocycles. The molecule has 2 atom stereocenters. The predicted molar refractivity (Wildman–Crippen MR) is 75.5 cm³/mol. The maximum absolute atomic E-state index is 10.8. The van der Waals surface area contributed by atoms with Gasteiger partial charge in [-0.05, 0) is 37.7 Å². The first kappa shape index (κ1) is 15.0. The Morgan fingerprint density at radius 1 is 1.25 bits per heavy atom. The van der Waals surface area contributed by atoms with E-state index in [9.17, 15) is 4.79 Å². The van der Waals surface area contributed by atoms with Gasteiger partial charge in [0.25, 0.3) is 0 Å². The Morgan fingerprint density at radius 3 is 2.75 bits per heavy atom. The summed E-state index contributed by atoms with van der Waals surface area (Å²) < 4.78 is 11.1. The fourth-order valence-electron chi connectivity index (χ4n) is 2.44. The SMILES string of the molecule is O=C(O)[C@@H]1CC[C@H](CCCCOCc2ccccc2)O1. The summed E-state index contributed by atoms with van der Waals surface area (Å²) in [5, 5.41) is 8.84. The van der Waals surface area contributed by atoms with Crippen molar-refractivity contribution in [3.63, 3.8) is 0 Å². The lowest BCUT2D eigenvalue weighted by atomic mass is 10.1. The molecule has 1 heterocycles. The van der Waals surface area contributed by atoms with Crippen molar-refractivity contribution < 1.29 is 19.4 Å². The molecule has 4 heteroatoms. The summed E-state index contributed by atoms with van der Waals surface area (Å²) in [5.41, 5.74) is 1.19. The monoisotopic (exact) mass is 278 g/mol. The summed E-state index contributed by atoms with van der Waals surface area (Å²) >= 11 is 0. The van der Waals surface area contributed by atoms with Crippen molar-refractivity contribution in [2.24, 2.45) is 0 Å². The molecule has 0 radical (unpaired) electrons. The average Bonchev–Trinajstić information content (AvgIpc) is 2.93. The molecule has 0 unspecified atom stereocenters. The Hall–Kier alpha value is -1.39. The molecule has 1 aliphatic rings. The van der Waals surface area contributed by atoms with Crippen molar-refractivity contribution in [3.05, 3.63) is 35.9 Å². The van der Waals surface area contributed by atoms with Crippen LogP contribution in [-0.4, -0.2) is 29.9 Å². The lowest BCUT2D eigenvalue weighted by Crippen LogP contribution is -2.20. The van der Waals surface area contributed by atoms with Gasteiger partial charge >= 0.3 is 5.97 Å². The van der Waals surface area contributed by atoms with Crippen LogP contribution in [0.5, 0.6) is 0 Å². The summed E-state index contributed by atoms with van der Waals surface area (Å²) in [6.07, 6.45) is 3.97. The fraction of sp³-hybridized carbons (Fsp3) is 0.562. The van der Waals surface area contributed by atoms with Crippen LogP contribution in [0.2, 0.25) is 0 Å². The maximum atomic E-state index is 10.8. The van der Waals surface area contributed by atoms with E-state index in [1.165, 1.54) is 5.56 Å². The standard InChI is InChI=1S/C16H22O4/c17-16(18)15-10-9-14(20-15)8-4-5-11-19-12-13-6-2-1-3-7-13/h1-3,6-7,14-15H,4-5,8-12H2,(H,17,18)/t14-,15-/m0/s1. The second-order valence-electron chi connectivity index (χ2n) is 5.20. The summed E-state index contributed by atoms with van der Waals surface area (Å²) in [6.45, 7) is 1.39. The van der Waals surface area contributed by atoms with Crippen LogP contribution in [0.25, 0.3) is 0 Å². The Balaban J connectivity index is 1.49. The van der Waals surface area contributed by atoms with Crippen LogP contribution in [0.4, 0.5) is 0 Å². The first-order chi connectivity index (χ1) is 9.75. The van der Waals surface area contributed by atoms with Gasteiger partial charge in [0.05, 0.1) is 12.7 Å². The van der Waals surface area contributed by atoms with Gasteiger partial charge in [0.1, 0.15) is 0 Å². The van der Waals surface area contributed by atoms with Crippen molar-refractivity contribution in [1.82, 2.24) is 0 Å². The third-order valence-corrected chi connectivity index (χ3v) is 3.56. The minimum absolute atomic E-state index is 0.116. The van der Waals surface area contributed by atoms with E-state index in [4.69, 9.17) is 14.6 Å². The van der Waals surface area contributed by atoms with E-state index in [2.05, 4.69) is 12.1 Å². The third kappa shape index (κ3) is 4.94. The summed E-state index contributed by atoms with van der Waals surface area (Å²) in [6, 6.07) is 10.1. The van der Waals surface area contributed by atoms with Crippen LogP contribution in [0, 0.1) is 0 Å².